The van der Waals surface area contributed by atoms with E-state index < -0.39 is 29.5 Å². The number of nitrogens with one attached hydrogen (secondary N) is 2. The first-order valence-corrected chi connectivity index (χ1v) is 10.8. The summed E-state index contributed by atoms with van der Waals surface area (Å²) in [6.07, 6.45) is 1.45. The fraction of sp³-hybridized carbons (Fsp3) is 0.115. The van der Waals surface area contributed by atoms with Crippen LogP contribution in [0.4, 0.5) is 19.3 Å². The molecular weight excluding hydrogens is 472 g/mol. The van der Waals surface area contributed by atoms with E-state index in [9.17, 15) is 23.2 Å². The van der Waals surface area contributed by atoms with Crippen LogP contribution in [-0.4, -0.2) is 36.5 Å². The predicted molar refractivity (Wildman–Crippen MR) is 127 cm³/mol. The second-order valence-corrected chi connectivity index (χ2v) is 7.72. The number of carbonyl (C=O) groups is 3. The lowest BCUT2D eigenvalue weighted by Gasteiger charge is -2.12. The van der Waals surface area contributed by atoms with E-state index in [1.54, 1.807) is 24.3 Å². The number of imide groups is 1. The van der Waals surface area contributed by atoms with Gasteiger partial charge in [-0.3, -0.25) is 14.5 Å². The first kappa shape index (κ1) is 24.4. The van der Waals surface area contributed by atoms with E-state index >= 15 is 0 Å². The largest absolute Gasteiger partial charge is 0.493 e. The average Bonchev–Trinajstić information content (AvgIpc) is 3.13. The van der Waals surface area contributed by atoms with Crippen LogP contribution in [0.25, 0.3) is 6.08 Å². The molecule has 0 saturated carbocycles. The number of amides is 4. The Balaban J connectivity index is 1.42. The Morgan fingerprint density at radius 3 is 2.50 bits per heavy atom. The standard InChI is InChI=1S/C26H21F2N3O5/c1-35-23-13-16(6-11-22(23)36-15-24(32)29-19-9-7-18(27)8-10-19)12-21-25(33)31(26(34)30-21)14-17-4-2-3-5-20(17)28/h2-13H,14-15H2,1H3,(H,29,32)(H,30,34). The normalized spacial score (nSPS) is 14.1. The summed E-state index contributed by atoms with van der Waals surface area (Å²) >= 11 is 0. The molecule has 4 amide bonds. The third kappa shape index (κ3) is 5.66. The van der Waals surface area contributed by atoms with Crippen LogP contribution in [0.1, 0.15) is 11.1 Å². The lowest BCUT2D eigenvalue weighted by molar-refractivity contribution is -0.123. The lowest BCUT2D eigenvalue weighted by atomic mass is 10.1. The van der Waals surface area contributed by atoms with Crippen LogP contribution in [0.3, 0.4) is 0 Å². The Kier molecular flexibility index (Phi) is 7.24. The van der Waals surface area contributed by atoms with Crippen LogP contribution in [-0.2, 0) is 16.1 Å². The maximum Gasteiger partial charge on any atom is 0.329 e. The molecule has 1 fully saturated rings. The van der Waals surface area contributed by atoms with Gasteiger partial charge in [-0.15, -0.1) is 0 Å². The van der Waals surface area contributed by atoms with Gasteiger partial charge in [0, 0.05) is 11.3 Å². The molecule has 0 aromatic heterocycles. The number of benzene rings is 3. The van der Waals surface area contributed by atoms with Crippen molar-refractivity contribution >= 4 is 29.6 Å². The van der Waals surface area contributed by atoms with E-state index in [0.29, 0.717) is 17.0 Å². The number of anilines is 1. The summed E-state index contributed by atoms with van der Waals surface area (Å²) < 4.78 is 37.8. The Bertz CT molecular complexity index is 1340. The molecule has 184 valence electrons. The van der Waals surface area contributed by atoms with E-state index in [4.69, 9.17) is 9.47 Å². The molecular formula is C26H21F2N3O5. The summed E-state index contributed by atoms with van der Waals surface area (Å²) in [5, 5.41) is 5.07. The summed E-state index contributed by atoms with van der Waals surface area (Å²) in [6.45, 7) is -0.529. The molecule has 0 aliphatic carbocycles. The number of urea groups is 1. The summed E-state index contributed by atoms with van der Waals surface area (Å²) in [5.41, 5.74) is 1.18. The third-order valence-electron chi connectivity index (χ3n) is 5.23. The Hall–Kier alpha value is -4.73. The summed E-state index contributed by atoms with van der Waals surface area (Å²) in [6, 6.07) is 15.3. The molecule has 10 heteroatoms. The molecule has 1 aliphatic heterocycles. The molecule has 3 aromatic carbocycles. The van der Waals surface area contributed by atoms with Gasteiger partial charge in [-0.2, -0.15) is 0 Å². The first-order valence-electron chi connectivity index (χ1n) is 10.8. The average molecular weight is 493 g/mol. The number of rotatable bonds is 8. The van der Waals surface area contributed by atoms with E-state index in [0.717, 1.165) is 4.90 Å². The highest BCUT2D eigenvalue weighted by atomic mass is 19.1. The van der Waals surface area contributed by atoms with Crippen molar-refractivity contribution in [3.05, 3.63) is 95.2 Å². The maximum atomic E-state index is 14.0. The Morgan fingerprint density at radius 2 is 1.78 bits per heavy atom. The van der Waals surface area contributed by atoms with Crippen molar-refractivity contribution in [2.45, 2.75) is 6.54 Å². The molecule has 0 radical (unpaired) electrons. The SMILES string of the molecule is COc1cc(C=C2NC(=O)N(Cc3ccccc3F)C2=O)ccc1OCC(=O)Nc1ccc(F)cc1. The van der Waals surface area contributed by atoms with Crippen molar-refractivity contribution in [3.8, 4) is 11.5 Å². The molecule has 0 atom stereocenters. The van der Waals surface area contributed by atoms with Crippen molar-refractivity contribution < 1.29 is 32.6 Å². The summed E-state index contributed by atoms with van der Waals surface area (Å²) in [4.78, 5) is 38.1. The molecule has 8 nitrogen and oxygen atoms in total. The van der Waals surface area contributed by atoms with Crippen LogP contribution in [0.5, 0.6) is 11.5 Å². The van der Waals surface area contributed by atoms with Gasteiger partial charge in [0.2, 0.25) is 0 Å². The van der Waals surface area contributed by atoms with Gasteiger partial charge >= 0.3 is 6.03 Å². The first-order chi connectivity index (χ1) is 17.3. The lowest BCUT2D eigenvalue weighted by Crippen LogP contribution is -2.30. The molecule has 0 unspecified atom stereocenters. The number of nitrogens with zero attached hydrogens (tertiary/aromatic N) is 1. The van der Waals surface area contributed by atoms with Crippen molar-refractivity contribution in [2.24, 2.45) is 0 Å². The zero-order valence-corrected chi connectivity index (χ0v) is 19.1. The second kappa shape index (κ2) is 10.7. The van der Waals surface area contributed by atoms with Gasteiger partial charge in [0.15, 0.2) is 18.1 Å². The van der Waals surface area contributed by atoms with E-state index in [1.807, 2.05) is 0 Å². The smallest absolute Gasteiger partial charge is 0.329 e. The van der Waals surface area contributed by atoms with Crippen molar-refractivity contribution in [1.29, 1.82) is 0 Å². The number of hydrogen-bond acceptors (Lipinski definition) is 5. The van der Waals surface area contributed by atoms with E-state index in [2.05, 4.69) is 10.6 Å². The number of ether oxygens (including phenoxy) is 2. The third-order valence-corrected chi connectivity index (χ3v) is 5.23. The van der Waals surface area contributed by atoms with Gasteiger partial charge < -0.3 is 20.1 Å². The van der Waals surface area contributed by atoms with Crippen molar-refractivity contribution in [2.75, 3.05) is 19.0 Å². The minimum Gasteiger partial charge on any atom is -0.493 e. The molecule has 1 saturated heterocycles. The Morgan fingerprint density at radius 1 is 1.03 bits per heavy atom. The van der Waals surface area contributed by atoms with Gasteiger partial charge in [-0.25, -0.2) is 13.6 Å². The van der Waals surface area contributed by atoms with Crippen molar-refractivity contribution in [3.63, 3.8) is 0 Å². The minimum atomic E-state index is -0.659. The molecule has 0 bridgehead atoms. The number of carbonyl (C=O) groups excluding carboxylic acids is 3. The molecule has 1 aliphatic rings. The molecule has 1 heterocycles. The maximum absolute atomic E-state index is 14.0. The van der Waals surface area contributed by atoms with Gasteiger partial charge in [-0.1, -0.05) is 24.3 Å². The second-order valence-electron chi connectivity index (χ2n) is 7.72. The van der Waals surface area contributed by atoms with Gasteiger partial charge in [0.1, 0.15) is 17.3 Å². The highest BCUT2D eigenvalue weighted by Gasteiger charge is 2.34. The predicted octanol–water partition coefficient (Wildman–Crippen LogP) is 4.08. The molecule has 4 rings (SSSR count). The molecule has 3 aromatic rings. The fourth-order valence-electron chi connectivity index (χ4n) is 3.45. The van der Waals surface area contributed by atoms with Crippen LogP contribution in [0.2, 0.25) is 0 Å². The number of hydrogen-bond donors (Lipinski definition) is 2. The van der Waals surface area contributed by atoms with Gasteiger partial charge in [0.05, 0.1) is 13.7 Å². The highest BCUT2D eigenvalue weighted by Crippen LogP contribution is 2.29. The summed E-state index contributed by atoms with van der Waals surface area (Å²) in [7, 11) is 1.41. The van der Waals surface area contributed by atoms with Crippen molar-refractivity contribution in [1.82, 2.24) is 10.2 Å². The zero-order chi connectivity index (χ0) is 25.7. The highest BCUT2D eigenvalue weighted by molar-refractivity contribution is 6.13. The summed E-state index contributed by atoms with van der Waals surface area (Å²) in [5.74, 6) is -1.41. The number of methoxy groups -OCH3 is 1. The van der Waals surface area contributed by atoms with Crippen LogP contribution in [0, 0.1) is 11.6 Å². The van der Waals surface area contributed by atoms with Crippen LogP contribution in [0.15, 0.2) is 72.4 Å². The van der Waals surface area contributed by atoms with E-state index in [1.165, 1.54) is 55.7 Å². The quantitative estimate of drug-likeness (QED) is 0.364. The molecule has 0 spiro atoms. The zero-order valence-electron chi connectivity index (χ0n) is 19.1. The Labute approximate surface area is 205 Å². The van der Waals surface area contributed by atoms with E-state index in [-0.39, 0.29) is 30.2 Å². The topological polar surface area (TPSA) is 97.0 Å². The van der Waals surface area contributed by atoms with Crippen LogP contribution < -0.4 is 20.1 Å². The van der Waals surface area contributed by atoms with Gasteiger partial charge in [-0.05, 0) is 54.1 Å². The fourth-order valence-corrected chi connectivity index (χ4v) is 3.45. The van der Waals surface area contributed by atoms with Gasteiger partial charge in [0.25, 0.3) is 11.8 Å². The monoisotopic (exact) mass is 493 g/mol. The minimum absolute atomic E-state index is 0.0192. The van der Waals surface area contributed by atoms with Crippen LogP contribution >= 0.6 is 0 Å². The number of halogens is 2. The molecule has 36 heavy (non-hydrogen) atoms. The molecule has 2 N–H and O–H groups in total.